The summed E-state index contributed by atoms with van der Waals surface area (Å²) in [5.41, 5.74) is 1.12. The van der Waals surface area contributed by atoms with Crippen LogP contribution in [-0.2, 0) is 20.2 Å². The summed E-state index contributed by atoms with van der Waals surface area (Å²) in [6.45, 7) is 8.39. The molecule has 0 unspecified atom stereocenters. The van der Waals surface area contributed by atoms with Crippen molar-refractivity contribution < 1.29 is 13.2 Å². The summed E-state index contributed by atoms with van der Waals surface area (Å²) in [6, 6.07) is 6.74. The molecule has 108 valence electrons. The molecule has 0 amide bonds. The smallest absolute Gasteiger partial charge is 0.240 e. The lowest BCUT2D eigenvalue weighted by atomic mass is 9.87. The lowest BCUT2D eigenvalue weighted by Crippen LogP contribution is -2.35. The van der Waals surface area contributed by atoms with Crippen LogP contribution in [0.5, 0.6) is 0 Å². The first-order chi connectivity index (χ1) is 8.66. The predicted octanol–water partition coefficient (Wildman–Crippen LogP) is 2.30. The molecule has 0 aliphatic rings. The van der Waals surface area contributed by atoms with Crippen molar-refractivity contribution in [3.8, 4) is 0 Å². The highest BCUT2D eigenvalue weighted by atomic mass is 32.2. The number of benzene rings is 1. The zero-order chi connectivity index (χ0) is 14.7. The molecule has 4 nitrogen and oxygen atoms in total. The summed E-state index contributed by atoms with van der Waals surface area (Å²) in [7, 11) is -1.93. The van der Waals surface area contributed by atoms with E-state index < -0.39 is 10.0 Å². The fourth-order valence-electron chi connectivity index (χ4n) is 1.75. The number of ether oxygens (including phenoxy) is 1. The van der Waals surface area contributed by atoms with E-state index in [4.69, 9.17) is 4.74 Å². The minimum absolute atomic E-state index is 0.0130. The van der Waals surface area contributed by atoms with E-state index >= 15 is 0 Å². The molecule has 0 fully saturated rings. The van der Waals surface area contributed by atoms with Gasteiger partial charge < -0.3 is 4.74 Å². The molecule has 0 bridgehead atoms. The Morgan fingerprint density at radius 2 is 1.74 bits per heavy atom. The minimum Gasteiger partial charge on any atom is -0.383 e. The van der Waals surface area contributed by atoms with Crippen LogP contribution < -0.4 is 4.72 Å². The first kappa shape index (κ1) is 16.1. The topological polar surface area (TPSA) is 55.4 Å². The molecule has 1 rings (SSSR count). The minimum atomic E-state index is -3.47. The Balaban J connectivity index is 2.91. The summed E-state index contributed by atoms with van der Waals surface area (Å²) in [6.07, 6.45) is 0. The quantitative estimate of drug-likeness (QED) is 0.903. The first-order valence-electron chi connectivity index (χ1n) is 6.28. The summed E-state index contributed by atoms with van der Waals surface area (Å²) < 4.78 is 31.7. The largest absolute Gasteiger partial charge is 0.383 e. The molecule has 1 N–H and O–H groups in total. The summed E-state index contributed by atoms with van der Waals surface area (Å²) in [5.74, 6) is 0. The number of nitrogens with one attached hydrogen (secondary N) is 1. The second kappa shape index (κ2) is 6.03. The van der Waals surface area contributed by atoms with E-state index in [0.717, 1.165) is 5.56 Å². The molecule has 0 aliphatic heterocycles. The highest BCUT2D eigenvalue weighted by molar-refractivity contribution is 7.89. The van der Waals surface area contributed by atoms with Gasteiger partial charge in [0.25, 0.3) is 0 Å². The molecule has 5 heteroatoms. The van der Waals surface area contributed by atoms with Gasteiger partial charge in [-0.2, -0.15) is 0 Å². The van der Waals surface area contributed by atoms with Gasteiger partial charge >= 0.3 is 0 Å². The van der Waals surface area contributed by atoms with Crippen LogP contribution >= 0.6 is 0 Å². The predicted molar refractivity (Wildman–Crippen MR) is 76.8 cm³/mol. The second-order valence-electron chi connectivity index (χ2n) is 5.75. The lowest BCUT2D eigenvalue weighted by Gasteiger charge is -2.19. The van der Waals surface area contributed by atoms with Gasteiger partial charge in [0, 0.05) is 13.2 Å². The van der Waals surface area contributed by atoms with Crippen molar-refractivity contribution in [3.63, 3.8) is 0 Å². The average molecular weight is 285 g/mol. The van der Waals surface area contributed by atoms with E-state index in [9.17, 15) is 8.42 Å². The Kier molecular flexibility index (Phi) is 5.12. The van der Waals surface area contributed by atoms with Gasteiger partial charge in [-0.1, -0.05) is 32.9 Å². The van der Waals surface area contributed by atoms with Crippen molar-refractivity contribution in [1.82, 2.24) is 4.72 Å². The maximum absolute atomic E-state index is 12.1. The van der Waals surface area contributed by atoms with Crippen LogP contribution in [0.3, 0.4) is 0 Å². The zero-order valence-electron chi connectivity index (χ0n) is 12.2. The van der Waals surface area contributed by atoms with Gasteiger partial charge in [-0.15, -0.1) is 0 Å². The normalized spacial score (nSPS) is 14.4. The van der Waals surface area contributed by atoms with Crippen molar-refractivity contribution >= 4 is 10.0 Å². The third kappa shape index (κ3) is 4.60. The van der Waals surface area contributed by atoms with Crippen LogP contribution in [0.15, 0.2) is 29.2 Å². The van der Waals surface area contributed by atoms with Crippen LogP contribution in [0.25, 0.3) is 0 Å². The van der Waals surface area contributed by atoms with Crippen LogP contribution in [-0.4, -0.2) is 28.2 Å². The molecule has 0 aromatic heterocycles. The van der Waals surface area contributed by atoms with Gasteiger partial charge in [-0.05, 0) is 30.0 Å². The van der Waals surface area contributed by atoms with E-state index in [2.05, 4.69) is 25.5 Å². The molecule has 19 heavy (non-hydrogen) atoms. The van der Waals surface area contributed by atoms with Crippen molar-refractivity contribution in [2.45, 2.75) is 44.0 Å². The Morgan fingerprint density at radius 1 is 1.21 bits per heavy atom. The molecule has 0 spiro atoms. The Morgan fingerprint density at radius 3 is 2.16 bits per heavy atom. The average Bonchev–Trinajstić information content (AvgIpc) is 2.27. The standard InChI is InChI=1S/C14H23NO3S/c1-11(10-18-5)15-19(16,17)13-8-6-12(7-9-13)14(2,3)4/h6-9,11,15H,10H2,1-5H3/t11-/m1/s1. The summed E-state index contributed by atoms with van der Waals surface area (Å²) in [5, 5.41) is 0. The van der Waals surface area contributed by atoms with Crippen molar-refractivity contribution in [2.75, 3.05) is 13.7 Å². The third-order valence-electron chi connectivity index (χ3n) is 2.80. The fraction of sp³-hybridized carbons (Fsp3) is 0.571. The van der Waals surface area contributed by atoms with Gasteiger partial charge in [0.1, 0.15) is 0 Å². The second-order valence-corrected chi connectivity index (χ2v) is 7.47. The number of methoxy groups -OCH3 is 1. The van der Waals surface area contributed by atoms with Gasteiger partial charge in [0.15, 0.2) is 0 Å². The van der Waals surface area contributed by atoms with Crippen molar-refractivity contribution in [3.05, 3.63) is 29.8 Å². The number of hydrogen-bond acceptors (Lipinski definition) is 3. The molecule has 1 atom stereocenters. The molecule has 0 saturated heterocycles. The van der Waals surface area contributed by atoms with Crippen molar-refractivity contribution in [2.24, 2.45) is 0 Å². The Labute approximate surface area is 116 Å². The molecule has 1 aromatic carbocycles. The van der Waals surface area contributed by atoms with Crippen LogP contribution in [0.4, 0.5) is 0 Å². The molecular formula is C14H23NO3S. The third-order valence-corrected chi connectivity index (χ3v) is 4.41. The molecule has 1 aromatic rings. The first-order valence-corrected chi connectivity index (χ1v) is 7.77. The highest BCUT2D eigenvalue weighted by Gasteiger charge is 2.19. The van der Waals surface area contributed by atoms with Gasteiger partial charge in [0.05, 0.1) is 11.5 Å². The van der Waals surface area contributed by atoms with E-state index in [1.54, 1.807) is 26.2 Å². The maximum Gasteiger partial charge on any atom is 0.240 e. The SMILES string of the molecule is COC[C@@H](C)NS(=O)(=O)c1ccc(C(C)(C)C)cc1. The van der Waals surface area contributed by atoms with E-state index in [1.807, 2.05) is 12.1 Å². The van der Waals surface area contributed by atoms with Gasteiger partial charge in [-0.3, -0.25) is 0 Å². The van der Waals surface area contributed by atoms with E-state index in [1.165, 1.54) is 0 Å². The fourth-order valence-corrected chi connectivity index (χ4v) is 2.98. The van der Waals surface area contributed by atoms with E-state index in [0.29, 0.717) is 6.61 Å². The summed E-state index contributed by atoms with van der Waals surface area (Å²) in [4.78, 5) is 0.281. The Bertz CT molecular complexity index is 500. The van der Waals surface area contributed by atoms with Crippen LogP contribution in [0.2, 0.25) is 0 Å². The zero-order valence-corrected chi connectivity index (χ0v) is 13.0. The Hall–Kier alpha value is -0.910. The van der Waals surface area contributed by atoms with E-state index in [-0.39, 0.29) is 16.4 Å². The molecule has 0 heterocycles. The molecule has 0 aliphatic carbocycles. The molecule has 0 radical (unpaired) electrons. The van der Waals surface area contributed by atoms with Crippen molar-refractivity contribution in [1.29, 1.82) is 0 Å². The van der Waals surface area contributed by atoms with Gasteiger partial charge in [0.2, 0.25) is 10.0 Å². The maximum atomic E-state index is 12.1. The van der Waals surface area contributed by atoms with Gasteiger partial charge in [-0.25, -0.2) is 13.1 Å². The monoisotopic (exact) mass is 285 g/mol. The summed E-state index contributed by atoms with van der Waals surface area (Å²) >= 11 is 0. The number of rotatable bonds is 5. The van der Waals surface area contributed by atoms with Crippen LogP contribution in [0, 0.1) is 0 Å². The van der Waals surface area contributed by atoms with Crippen LogP contribution in [0.1, 0.15) is 33.3 Å². The molecular weight excluding hydrogens is 262 g/mol. The number of hydrogen-bond donors (Lipinski definition) is 1. The number of sulfonamides is 1. The molecule has 0 saturated carbocycles. The lowest BCUT2D eigenvalue weighted by molar-refractivity contribution is 0.180. The highest BCUT2D eigenvalue weighted by Crippen LogP contribution is 2.23.